The van der Waals surface area contributed by atoms with Gasteiger partial charge in [-0.1, -0.05) is 51.1 Å². The number of aliphatic imine (C=N–C) groups is 1. The van der Waals surface area contributed by atoms with Crippen molar-refractivity contribution in [2.75, 3.05) is 46.0 Å². The molecule has 294 valence electrons. The standard InChI is InChI=1S/C42H57N9O4/c1-29-10-7-8-19-50(29)40(45)51-28-32(15-18-38(51)44)55-36-17-16-35(33-13-5-6-14-34(33)36)47-41(52)48-39(27-37(43)42(2,3)4)46-30-11-9-12-31(26-30)54-25-22-49-20-23-53-24-21-49/h5-6,9,11-15,18,26,28-29,35-36,43-45H,7-8,10,16-17,19-25,27H2,1-4H3,(H2,46,47,48,52). The Morgan fingerprint density at radius 1 is 0.945 bits per heavy atom. The number of hydrogen-bond acceptors (Lipinski definition) is 9. The molecule has 6 rings (SSSR count). The number of likely N-dealkylation sites (tertiary alicyclic amines) is 1. The van der Waals surface area contributed by atoms with E-state index in [1.807, 2.05) is 69.3 Å². The second-order valence-corrected chi connectivity index (χ2v) is 15.7. The van der Waals surface area contributed by atoms with Crippen molar-refractivity contribution in [3.8, 4) is 11.5 Å². The molecule has 3 heterocycles. The number of nitrogens with one attached hydrogen (secondary N) is 5. The monoisotopic (exact) mass is 751 g/mol. The zero-order chi connectivity index (χ0) is 39.0. The number of carbonyl (C=O) groups excluding carboxylic acids is 1. The number of morpholine rings is 1. The van der Waals surface area contributed by atoms with Crippen LogP contribution in [0.1, 0.15) is 89.5 Å². The second-order valence-electron chi connectivity index (χ2n) is 15.7. The third-order valence-corrected chi connectivity index (χ3v) is 10.6. The Labute approximate surface area is 324 Å². The van der Waals surface area contributed by atoms with Crippen molar-refractivity contribution in [2.45, 2.75) is 84.4 Å². The number of aromatic nitrogens is 1. The van der Waals surface area contributed by atoms with E-state index in [4.69, 9.17) is 35.4 Å². The molecule has 2 aliphatic heterocycles. The lowest BCUT2D eigenvalue weighted by Crippen LogP contribution is -2.47. The molecule has 2 fully saturated rings. The Morgan fingerprint density at radius 3 is 2.49 bits per heavy atom. The van der Waals surface area contributed by atoms with E-state index in [0.717, 1.165) is 69.8 Å². The lowest BCUT2D eigenvalue weighted by Gasteiger charge is -2.36. The lowest BCUT2D eigenvalue weighted by molar-refractivity contribution is 0.0322. The van der Waals surface area contributed by atoms with Crippen LogP contribution in [0.4, 0.5) is 10.5 Å². The van der Waals surface area contributed by atoms with Crippen LogP contribution in [0.3, 0.4) is 0 Å². The number of hydrogen-bond donors (Lipinski definition) is 5. The molecule has 0 spiro atoms. The van der Waals surface area contributed by atoms with E-state index in [-0.39, 0.29) is 30.1 Å². The largest absolute Gasteiger partial charge is 0.492 e. The minimum absolute atomic E-state index is 0.182. The Hall–Kier alpha value is -5.01. The quantitative estimate of drug-likeness (QED) is 0.113. The Balaban J connectivity index is 1.13. The summed E-state index contributed by atoms with van der Waals surface area (Å²) >= 11 is 0. The number of fused-ring (bicyclic) bond motifs is 1. The Morgan fingerprint density at radius 2 is 1.73 bits per heavy atom. The van der Waals surface area contributed by atoms with Gasteiger partial charge in [-0.2, -0.15) is 0 Å². The van der Waals surface area contributed by atoms with Crippen LogP contribution in [0, 0.1) is 21.6 Å². The van der Waals surface area contributed by atoms with Crippen LogP contribution in [0.2, 0.25) is 0 Å². The molecule has 3 unspecified atom stereocenters. The van der Waals surface area contributed by atoms with E-state index >= 15 is 0 Å². The van der Waals surface area contributed by atoms with Gasteiger partial charge in [-0.15, -0.1) is 0 Å². The van der Waals surface area contributed by atoms with Crippen LogP contribution in [-0.2, 0) is 4.74 Å². The molecule has 0 radical (unpaired) electrons. The van der Waals surface area contributed by atoms with E-state index in [1.54, 1.807) is 22.9 Å². The number of nitrogens with zero attached hydrogens (tertiary/aromatic N) is 4. The minimum atomic E-state index is -0.396. The summed E-state index contributed by atoms with van der Waals surface area (Å²) < 4.78 is 19.6. The van der Waals surface area contributed by atoms with Gasteiger partial charge in [-0.05, 0) is 79.8 Å². The molecule has 5 N–H and O–H groups in total. The summed E-state index contributed by atoms with van der Waals surface area (Å²) in [5.41, 5.74) is 2.87. The van der Waals surface area contributed by atoms with Crippen molar-refractivity contribution in [3.05, 3.63) is 83.5 Å². The first-order valence-electron chi connectivity index (χ1n) is 19.6. The summed E-state index contributed by atoms with van der Waals surface area (Å²) in [5, 5.41) is 32.3. The van der Waals surface area contributed by atoms with Crippen molar-refractivity contribution in [1.82, 2.24) is 25.0 Å². The lowest BCUT2D eigenvalue weighted by atomic mass is 9.85. The van der Waals surface area contributed by atoms with Crippen LogP contribution >= 0.6 is 0 Å². The smallest absolute Gasteiger partial charge is 0.320 e. The van der Waals surface area contributed by atoms with Crippen molar-refractivity contribution >= 4 is 29.2 Å². The van der Waals surface area contributed by atoms with E-state index in [2.05, 4.69) is 27.4 Å². The molecule has 2 aromatic carbocycles. The van der Waals surface area contributed by atoms with Crippen molar-refractivity contribution < 1.29 is 19.0 Å². The van der Waals surface area contributed by atoms with Gasteiger partial charge in [0.05, 0.1) is 31.1 Å². The maximum absolute atomic E-state index is 13.7. The van der Waals surface area contributed by atoms with E-state index in [0.29, 0.717) is 54.1 Å². The molecule has 3 aliphatic rings. The number of pyridine rings is 1. The van der Waals surface area contributed by atoms with Gasteiger partial charge in [0.15, 0.2) is 0 Å². The highest BCUT2D eigenvalue weighted by atomic mass is 16.5. The molecule has 55 heavy (non-hydrogen) atoms. The molecule has 2 saturated heterocycles. The molecular formula is C42H57N9O4. The summed E-state index contributed by atoms with van der Waals surface area (Å²) in [6.07, 6.45) is 6.18. The average Bonchev–Trinajstić information content (AvgIpc) is 3.16. The molecule has 0 saturated carbocycles. The van der Waals surface area contributed by atoms with Crippen molar-refractivity contribution in [1.29, 1.82) is 16.2 Å². The fourth-order valence-corrected chi connectivity index (χ4v) is 7.25. The molecule has 1 aromatic heterocycles. The maximum atomic E-state index is 13.7. The highest BCUT2D eigenvalue weighted by molar-refractivity contribution is 6.09. The fraction of sp³-hybridized carbons (Fsp3) is 0.500. The molecule has 3 aromatic rings. The van der Waals surface area contributed by atoms with E-state index in [1.165, 1.54) is 0 Å². The predicted octanol–water partition coefficient (Wildman–Crippen LogP) is 6.78. The van der Waals surface area contributed by atoms with E-state index in [9.17, 15) is 4.79 Å². The Kier molecular flexibility index (Phi) is 13.0. The van der Waals surface area contributed by atoms with Gasteiger partial charge in [-0.25, -0.2) is 9.79 Å². The third kappa shape index (κ3) is 10.6. The third-order valence-electron chi connectivity index (χ3n) is 10.6. The van der Waals surface area contributed by atoms with E-state index < -0.39 is 11.4 Å². The number of amidine groups is 1. The van der Waals surface area contributed by atoms with Crippen LogP contribution in [0.5, 0.6) is 11.5 Å². The van der Waals surface area contributed by atoms with Crippen molar-refractivity contribution in [2.24, 2.45) is 10.4 Å². The normalized spacial score (nSPS) is 20.6. The van der Waals surface area contributed by atoms with Gasteiger partial charge >= 0.3 is 6.03 Å². The average molecular weight is 752 g/mol. The fourth-order valence-electron chi connectivity index (χ4n) is 7.25. The summed E-state index contributed by atoms with van der Waals surface area (Å²) in [6.45, 7) is 13.5. The van der Waals surface area contributed by atoms with Crippen LogP contribution in [0.15, 0.2) is 71.9 Å². The van der Waals surface area contributed by atoms with Crippen LogP contribution in [0.25, 0.3) is 0 Å². The molecule has 3 atom stereocenters. The molecule has 13 heteroatoms. The van der Waals surface area contributed by atoms with Crippen LogP contribution in [-0.4, -0.2) is 89.9 Å². The van der Waals surface area contributed by atoms with Gasteiger partial charge in [-0.3, -0.25) is 25.6 Å². The summed E-state index contributed by atoms with van der Waals surface area (Å²) in [4.78, 5) is 22.9. The number of carbonyl (C=O) groups is 1. The van der Waals surface area contributed by atoms with Crippen molar-refractivity contribution in [3.63, 3.8) is 0 Å². The number of urea groups is 1. The molecule has 13 nitrogen and oxygen atoms in total. The number of amides is 2. The molecule has 2 amide bonds. The predicted molar refractivity (Wildman–Crippen MR) is 215 cm³/mol. The first-order chi connectivity index (χ1) is 26.4. The molecule has 1 aliphatic carbocycles. The zero-order valence-corrected chi connectivity index (χ0v) is 32.7. The first-order valence-corrected chi connectivity index (χ1v) is 19.6. The molecule has 0 bridgehead atoms. The first kappa shape index (κ1) is 39.7. The Bertz CT molecular complexity index is 1910. The van der Waals surface area contributed by atoms with Gasteiger partial charge in [0.1, 0.15) is 35.5 Å². The summed E-state index contributed by atoms with van der Waals surface area (Å²) in [6, 6.07) is 18.5. The minimum Gasteiger partial charge on any atom is -0.492 e. The van der Waals surface area contributed by atoms with Gasteiger partial charge in [0, 0.05) is 50.4 Å². The second kappa shape index (κ2) is 18.1. The van der Waals surface area contributed by atoms with Gasteiger partial charge < -0.3 is 29.8 Å². The summed E-state index contributed by atoms with van der Waals surface area (Å²) in [7, 11) is 0. The SMILES string of the molecule is CC1CCCCN1C(=N)n1cc(OC2CCC(NC(=O)NC(CC(=N)C(C)(C)C)=Nc3cccc(OCCN4CCOCC4)c3)c3ccccc32)ccc1=N. The number of rotatable bonds is 10. The highest BCUT2D eigenvalue weighted by Crippen LogP contribution is 2.38. The van der Waals surface area contributed by atoms with Gasteiger partial charge in [0.25, 0.3) is 0 Å². The number of benzene rings is 2. The zero-order valence-electron chi connectivity index (χ0n) is 32.7. The number of piperidine rings is 1. The molecular weight excluding hydrogens is 695 g/mol. The topological polar surface area (TPSA) is 164 Å². The highest BCUT2D eigenvalue weighted by Gasteiger charge is 2.30. The van der Waals surface area contributed by atoms with Crippen LogP contribution < -0.4 is 25.6 Å². The summed E-state index contributed by atoms with van der Waals surface area (Å²) in [5.74, 6) is 1.95. The van der Waals surface area contributed by atoms with Gasteiger partial charge in [0.2, 0.25) is 5.96 Å². The maximum Gasteiger partial charge on any atom is 0.320 e. The number of ether oxygens (including phenoxy) is 3.